The van der Waals surface area contributed by atoms with E-state index in [2.05, 4.69) is 42.7 Å². The van der Waals surface area contributed by atoms with Gasteiger partial charge in [0.25, 0.3) is 0 Å². The number of nitrogens with one attached hydrogen (secondary N) is 2. The Morgan fingerprint density at radius 2 is 1.71 bits per heavy atom. The molecule has 21 heavy (non-hydrogen) atoms. The summed E-state index contributed by atoms with van der Waals surface area (Å²) in [4.78, 5) is 0. The molecule has 0 heterocycles. The molecule has 0 amide bonds. The molecule has 2 rings (SSSR count). The monoisotopic (exact) mass is 298 g/mol. The van der Waals surface area contributed by atoms with Gasteiger partial charge in [0.1, 0.15) is 0 Å². The fourth-order valence-corrected chi connectivity index (χ4v) is 2.47. The fraction of sp³-hybridized carbons (Fsp3) is 0.278. The molecule has 0 radical (unpaired) electrons. The summed E-state index contributed by atoms with van der Waals surface area (Å²) in [7, 11) is 0. The molecular weight excluding hydrogens is 276 g/mol. The SMILES string of the molecule is CCc1ccc(CC)c(CNC(=S)Nc2ccccc2)c1. The summed E-state index contributed by atoms with van der Waals surface area (Å²) >= 11 is 5.35. The van der Waals surface area contributed by atoms with Gasteiger partial charge in [0.2, 0.25) is 0 Å². The minimum Gasteiger partial charge on any atom is -0.358 e. The summed E-state index contributed by atoms with van der Waals surface area (Å²) in [6.45, 7) is 5.13. The first kappa shape index (κ1) is 15.5. The summed E-state index contributed by atoms with van der Waals surface area (Å²) in [5.41, 5.74) is 5.08. The lowest BCUT2D eigenvalue weighted by Gasteiger charge is -2.14. The zero-order valence-corrected chi connectivity index (χ0v) is 13.5. The second kappa shape index (κ2) is 7.79. The van der Waals surface area contributed by atoms with Crippen LogP contribution in [0.5, 0.6) is 0 Å². The van der Waals surface area contributed by atoms with Crippen molar-refractivity contribution in [3.8, 4) is 0 Å². The van der Waals surface area contributed by atoms with Crippen LogP contribution >= 0.6 is 12.2 Å². The van der Waals surface area contributed by atoms with E-state index in [4.69, 9.17) is 12.2 Å². The molecule has 0 aromatic heterocycles. The predicted molar refractivity (Wildman–Crippen MR) is 94.7 cm³/mol. The highest BCUT2D eigenvalue weighted by atomic mass is 32.1. The third kappa shape index (κ3) is 4.57. The largest absolute Gasteiger partial charge is 0.358 e. The summed E-state index contributed by atoms with van der Waals surface area (Å²) in [5, 5.41) is 7.15. The molecule has 0 unspecified atom stereocenters. The highest BCUT2D eigenvalue weighted by Gasteiger charge is 2.03. The number of rotatable bonds is 5. The van der Waals surface area contributed by atoms with Gasteiger partial charge >= 0.3 is 0 Å². The number of anilines is 1. The van der Waals surface area contributed by atoms with Crippen molar-refractivity contribution in [2.24, 2.45) is 0 Å². The molecule has 0 aliphatic heterocycles. The topological polar surface area (TPSA) is 24.1 Å². The van der Waals surface area contributed by atoms with Crippen molar-refractivity contribution in [3.63, 3.8) is 0 Å². The summed E-state index contributed by atoms with van der Waals surface area (Å²) in [6, 6.07) is 16.7. The summed E-state index contributed by atoms with van der Waals surface area (Å²) in [6.07, 6.45) is 2.10. The second-order valence-electron chi connectivity index (χ2n) is 4.98. The molecule has 0 saturated heterocycles. The first-order chi connectivity index (χ1) is 10.2. The first-order valence-electron chi connectivity index (χ1n) is 7.43. The lowest BCUT2D eigenvalue weighted by Crippen LogP contribution is -2.28. The molecule has 3 heteroatoms. The van der Waals surface area contributed by atoms with Gasteiger partial charge in [-0.05, 0) is 53.9 Å². The van der Waals surface area contributed by atoms with Crippen LogP contribution in [0.1, 0.15) is 30.5 Å². The van der Waals surface area contributed by atoms with Crippen LogP contribution in [0.15, 0.2) is 48.5 Å². The normalized spacial score (nSPS) is 10.2. The molecule has 2 aromatic rings. The molecule has 0 aliphatic rings. The van der Waals surface area contributed by atoms with E-state index in [9.17, 15) is 0 Å². The van der Waals surface area contributed by atoms with E-state index in [1.807, 2.05) is 30.3 Å². The standard InChI is InChI=1S/C18H22N2S/c1-3-14-10-11-15(4-2)16(12-14)13-19-18(21)20-17-8-6-5-7-9-17/h5-12H,3-4,13H2,1-2H3,(H2,19,20,21). The van der Waals surface area contributed by atoms with Gasteiger partial charge in [-0.1, -0.05) is 50.2 Å². The van der Waals surface area contributed by atoms with Gasteiger partial charge in [-0.3, -0.25) is 0 Å². The number of benzene rings is 2. The average Bonchev–Trinajstić information content (AvgIpc) is 2.53. The molecule has 0 bridgehead atoms. The zero-order chi connectivity index (χ0) is 15.1. The van der Waals surface area contributed by atoms with Crippen molar-refractivity contribution in [3.05, 3.63) is 65.2 Å². The Morgan fingerprint density at radius 3 is 2.38 bits per heavy atom. The average molecular weight is 298 g/mol. The van der Waals surface area contributed by atoms with Crippen molar-refractivity contribution < 1.29 is 0 Å². The van der Waals surface area contributed by atoms with Crippen LogP contribution in [0.2, 0.25) is 0 Å². The molecule has 110 valence electrons. The van der Waals surface area contributed by atoms with Gasteiger partial charge in [0, 0.05) is 12.2 Å². The van der Waals surface area contributed by atoms with Crippen LogP contribution in [0.25, 0.3) is 0 Å². The molecule has 0 atom stereocenters. The third-order valence-corrected chi connectivity index (χ3v) is 3.78. The van der Waals surface area contributed by atoms with Gasteiger partial charge in [-0.25, -0.2) is 0 Å². The minimum atomic E-state index is 0.658. The number of hydrogen-bond donors (Lipinski definition) is 2. The highest BCUT2D eigenvalue weighted by molar-refractivity contribution is 7.80. The van der Waals surface area contributed by atoms with Crippen molar-refractivity contribution in [2.75, 3.05) is 5.32 Å². The van der Waals surface area contributed by atoms with Crippen molar-refractivity contribution in [1.82, 2.24) is 5.32 Å². The maximum Gasteiger partial charge on any atom is 0.171 e. The highest BCUT2D eigenvalue weighted by Crippen LogP contribution is 2.14. The van der Waals surface area contributed by atoms with Crippen LogP contribution in [-0.4, -0.2) is 5.11 Å². The van der Waals surface area contributed by atoms with Crippen LogP contribution < -0.4 is 10.6 Å². The Morgan fingerprint density at radius 1 is 0.952 bits per heavy atom. The lowest BCUT2D eigenvalue weighted by atomic mass is 10.0. The Balaban J connectivity index is 1.97. The Kier molecular flexibility index (Phi) is 5.76. The van der Waals surface area contributed by atoms with Gasteiger partial charge in [0.15, 0.2) is 5.11 Å². The van der Waals surface area contributed by atoms with Gasteiger partial charge in [-0.2, -0.15) is 0 Å². The number of hydrogen-bond acceptors (Lipinski definition) is 1. The number of thiocarbonyl (C=S) groups is 1. The smallest absolute Gasteiger partial charge is 0.171 e. The summed E-state index contributed by atoms with van der Waals surface area (Å²) < 4.78 is 0. The van der Waals surface area contributed by atoms with Crippen molar-refractivity contribution in [2.45, 2.75) is 33.2 Å². The molecule has 0 fully saturated rings. The predicted octanol–water partition coefficient (Wildman–Crippen LogP) is 4.30. The first-order valence-corrected chi connectivity index (χ1v) is 7.84. The fourth-order valence-electron chi connectivity index (χ4n) is 2.28. The molecule has 0 spiro atoms. The molecule has 2 aromatic carbocycles. The number of para-hydroxylation sites is 1. The molecule has 2 N–H and O–H groups in total. The molecular formula is C18H22N2S. The Bertz CT molecular complexity index is 593. The van der Waals surface area contributed by atoms with Crippen molar-refractivity contribution in [1.29, 1.82) is 0 Å². The minimum absolute atomic E-state index is 0.658. The van der Waals surface area contributed by atoms with E-state index in [1.54, 1.807) is 0 Å². The van der Waals surface area contributed by atoms with Crippen LogP contribution in [0.4, 0.5) is 5.69 Å². The van der Waals surface area contributed by atoms with E-state index in [0.717, 1.165) is 25.1 Å². The Hall–Kier alpha value is -1.87. The molecule has 0 saturated carbocycles. The van der Waals surface area contributed by atoms with Gasteiger partial charge in [-0.15, -0.1) is 0 Å². The summed E-state index contributed by atoms with van der Waals surface area (Å²) in [5.74, 6) is 0. The Labute approximate surface area is 132 Å². The van der Waals surface area contributed by atoms with E-state index >= 15 is 0 Å². The van der Waals surface area contributed by atoms with E-state index in [-0.39, 0.29) is 0 Å². The molecule has 2 nitrogen and oxygen atoms in total. The van der Waals surface area contributed by atoms with Gasteiger partial charge < -0.3 is 10.6 Å². The zero-order valence-electron chi connectivity index (χ0n) is 12.6. The molecule has 0 aliphatic carbocycles. The lowest BCUT2D eigenvalue weighted by molar-refractivity contribution is 0.894. The third-order valence-electron chi connectivity index (χ3n) is 3.53. The van der Waals surface area contributed by atoms with Gasteiger partial charge in [0.05, 0.1) is 0 Å². The van der Waals surface area contributed by atoms with Crippen LogP contribution in [-0.2, 0) is 19.4 Å². The van der Waals surface area contributed by atoms with Crippen molar-refractivity contribution >= 4 is 23.0 Å². The van der Waals surface area contributed by atoms with E-state index < -0.39 is 0 Å². The number of aryl methyl sites for hydroxylation is 2. The second-order valence-corrected chi connectivity index (χ2v) is 5.39. The van der Waals surface area contributed by atoms with E-state index in [0.29, 0.717) is 5.11 Å². The van der Waals surface area contributed by atoms with Crippen LogP contribution in [0, 0.1) is 0 Å². The maximum absolute atomic E-state index is 5.35. The van der Waals surface area contributed by atoms with Crippen LogP contribution in [0.3, 0.4) is 0 Å². The van der Waals surface area contributed by atoms with E-state index in [1.165, 1.54) is 16.7 Å². The quantitative estimate of drug-likeness (QED) is 0.805. The maximum atomic E-state index is 5.35.